The Labute approximate surface area is 121 Å². The predicted octanol–water partition coefficient (Wildman–Crippen LogP) is 4.19. The molecule has 0 fully saturated rings. The van der Waals surface area contributed by atoms with Gasteiger partial charge in [0, 0.05) is 21.3 Å². The van der Waals surface area contributed by atoms with Crippen LogP contribution >= 0.6 is 15.9 Å². The number of hydrogen-bond acceptors (Lipinski definition) is 2. The lowest BCUT2D eigenvalue weighted by molar-refractivity contribution is 0.103. The van der Waals surface area contributed by atoms with Gasteiger partial charge in [-0.3, -0.25) is 4.79 Å². The molecule has 98 valence electrons. The minimum atomic E-state index is 0.0167. The van der Waals surface area contributed by atoms with Gasteiger partial charge in [0.25, 0.3) is 0 Å². The summed E-state index contributed by atoms with van der Waals surface area (Å²) in [7, 11) is 0. The summed E-state index contributed by atoms with van der Waals surface area (Å²) in [6.07, 6.45) is 0. The van der Waals surface area contributed by atoms with Gasteiger partial charge in [-0.15, -0.1) is 0 Å². The molecule has 2 aromatic rings. The highest BCUT2D eigenvalue weighted by molar-refractivity contribution is 9.10. The van der Waals surface area contributed by atoms with Crippen molar-refractivity contribution in [3.8, 4) is 0 Å². The molecule has 0 saturated carbocycles. The quantitative estimate of drug-likeness (QED) is 0.666. The van der Waals surface area contributed by atoms with E-state index in [0.717, 1.165) is 26.7 Å². The number of halogens is 1. The third kappa shape index (κ3) is 2.71. The van der Waals surface area contributed by atoms with Crippen LogP contribution in [0.4, 0.5) is 5.69 Å². The molecule has 2 nitrogen and oxygen atoms in total. The van der Waals surface area contributed by atoms with Crippen LogP contribution < -0.4 is 5.73 Å². The van der Waals surface area contributed by atoms with Crippen molar-refractivity contribution >= 4 is 27.4 Å². The fourth-order valence-corrected chi connectivity index (χ4v) is 2.62. The number of rotatable bonds is 2. The monoisotopic (exact) mass is 317 g/mol. The van der Waals surface area contributed by atoms with Crippen LogP contribution in [0.15, 0.2) is 34.8 Å². The summed E-state index contributed by atoms with van der Waals surface area (Å²) in [6.45, 7) is 5.85. The number of anilines is 1. The summed E-state index contributed by atoms with van der Waals surface area (Å²) < 4.78 is 0.823. The molecule has 0 aliphatic carbocycles. The molecule has 2 rings (SSSR count). The van der Waals surface area contributed by atoms with E-state index in [1.54, 1.807) is 0 Å². The number of benzene rings is 2. The average molecular weight is 318 g/mol. The zero-order chi connectivity index (χ0) is 14.2. The Bertz CT molecular complexity index is 662. The van der Waals surface area contributed by atoms with Gasteiger partial charge in [0.1, 0.15) is 0 Å². The zero-order valence-electron chi connectivity index (χ0n) is 11.3. The molecule has 0 radical (unpaired) electrons. The number of carbonyl (C=O) groups is 1. The van der Waals surface area contributed by atoms with Crippen molar-refractivity contribution in [2.45, 2.75) is 20.8 Å². The van der Waals surface area contributed by atoms with Crippen LogP contribution in [0.2, 0.25) is 0 Å². The van der Waals surface area contributed by atoms with Crippen molar-refractivity contribution in [3.63, 3.8) is 0 Å². The minimum Gasteiger partial charge on any atom is -0.398 e. The van der Waals surface area contributed by atoms with Crippen LogP contribution in [-0.4, -0.2) is 5.78 Å². The molecule has 2 aromatic carbocycles. The summed E-state index contributed by atoms with van der Waals surface area (Å²) in [4.78, 5) is 12.6. The van der Waals surface area contributed by atoms with E-state index in [9.17, 15) is 4.79 Å². The Balaban J connectivity index is 2.56. The van der Waals surface area contributed by atoms with E-state index < -0.39 is 0 Å². The first-order valence-corrected chi connectivity index (χ1v) is 6.87. The van der Waals surface area contributed by atoms with Gasteiger partial charge < -0.3 is 5.73 Å². The lowest BCUT2D eigenvalue weighted by Gasteiger charge is -2.11. The summed E-state index contributed by atoms with van der Waals surface area (Å²) >= 11 is 3.39. The third-order valence-corrected chi connectivity index (χ3v) is 3.74. The van der Waals surface area contributed by atoms with E-state index >= 15 is 0 Å². The topological polar surface area (TPSA) is 43.1 Å². The zero-order valence-corrected chi connectivity index (χ0v) is 12.8. The van der Waals surface area contributed by atoms with Gasteiger partial charge in [-0.05, 0) is 44.0 Å². The van der Waals surface area contributed by atoms with E-state index in [-0.39, 0.29) is 5.78 Å². The number of carbonyl (C=O) groups excluding carboxylic acids is 1. The van der Waals surface area contributed by atoms with Crippen molar-refractivity contribution < 1.29 is 4.79 Å². The van der Waals surface area contributed by atoms with Gasteiger partial charge in [0.2, 0.25) is 0 Å². The summed E-state index contributed by atoms with van der Waals surface area (Å²) in [5.41, 5.74) is 10.9. The van der Waals surface area contributed by atoms with Crippen LogP contribution in [0.5, 0.6) is 0 Å². The lowest BCUT2D eigenvalue weighted by Crippen LogP contribution is -2.07. The van der Waals surface area contributed by atoms with Gasteiger partial charge in [-0.1, -0.05) is 39.7 Å². The van der Waals surface area contributed by atoms with Crippen molar-refractivity contribution in [1.82, 2.24) is 0 Å². The minimum absolute atomic E-state index is 0.0167. The highest BCUT2D eigenvalue weighted by Crippen LogP contribution is 2.26. The van der Waals surface area contributed by atoms with Crippen molar-refractivity contribution in [2.24, 2.45) is 0 Å². The molecular weight excluding hydrogens is 302 g/mol. The molecule has 0 heterocycles. The number of ketones is 1. The molecule has 0 spiro atoms. The molecule has 19 heavy (non-hydrogen) atoms. The molecular formula is C16H16BrNO. The second-order valence-corrected chi connectivity index (χ2v) is 5.73. The van der Waals surface area contributed by atoms with E-state index in [1.165, 1.54) is 0 Å². The Kier molecular flexibility index (Phi) is 3.76. The Morgan fingerprint density at radius 1 is 1.05 bits per heavy atom. The van der Waals surface area contributed by atoms with Crippen LogP contribution in [0.25, 0.3) is 0 Å². The second-order valence-electron chi connectivity index (χ2n) is 4.82. The van der Waals surface area contributed by atoms with Gasteiger partial charge in [-0.2, -0.15) is 0 Å². The maximum absolute atomic E-state index is 12.6. The summed E-state index contributed by atoms with van der Waals surface area (Å²) in [6, 6.07) is 9.49. The number of nitrogens with two attached hydrogens (primary N) is 1. The van der Waals surface area contributed by atoms with E-state index in [1.807, 2.05) is 51.1 Å². The molecule has 0 saturated heterocycles. The standard InChI is InChI=1S/C16H16BrNO/c1-9-4-5-13(10(2)6-9)16(19)14-7-12(17)8-15(18)11(14)3/h4-8H,18H2,1-3H3. The molecule has 0 unspecified atom stereocenters. The fraction of sp³-hybridized carbons (Fsp3) is 0.188. The second kappa shape index (κ2) is 5.17. The predicted molar refractivity (Wildman–Crippen MR) is 82.6 cm³/mol. The highest BCUT2D eigenvalue weighted by Gasteiger charge is 2.16. The maximum Gasteiger partial charge on any atom is 0.193 e. The number of hydrogen-bond donors (Lipinski definition) is 1. The number of nitrogen functional groups attached to an aromatic ring is 1. The smallest absolute Gasteiger partial charge is 0.193 e. The van der Waals surface area contributed by atoms with Crippen molar-refractivity contribution in [1.29, 1.82) is 0 Å². The molecule has 0 amide bonds. The molecule has 0 aliphatic heterocycles. The largest absolute Gasteiger partial charge is 0.398 e. The molecule has 0 bridgehead atoms. The van der Waals surface area contributed by atoms with E-state index in [0.29, 0.717) is 11.3 Å². The Hall–Kier alpha value is -1.61. The Morgan fingerprint density at radius 2 is 1.74 bits per heavy atom. The van der Waals surface area contributed by atoms with Crippen LogP contribution in [-0.2, 0) is 0 Å². The van der Waals surface area contributed by atoms with Gasteiger partial charge >= 0.3 is 0 Å². The first-order valence-electron chi connectivity index (χ1n) is 6.07. The molecule has 0 atom stereocenters. The summed E-state index contributed by atoms with van der Waals surface area (Å²) in [5.74, 6) is 0.0167. The molecule has 2 N–H and O–H groups in total. The average Bonchev–Trinajstić information content (AvgIpc) is 2.33. The first-order chi connectivity index (χ1) is 8.90. The van der Waals surface area contributed by atoms with Gasteiger partial charge in [0.15, 0.2) is 5.78 Å². The van der Waals surface area contributed by atoms with E-state index in [2.05, 4.69) is 15.9 Å². The van der Waals surface area contributed by atoms with Crippen LogP contribution in [0.3, 0.4) is 0 Å². The molecule has 0 aromatic heterocycles. The third-order valence-electron chi connectivity index (χ3n) is 3.28. The number of aryl methyl sites for hydroxylation is 2. The lowest BCUT2D eigenvalue weighted by atomic mass is 9.94. The molecule has 3 heteroatoms. The maximum atomic E-state index is 12.6. The first kappa shape index (κ1) is 13.8. The fourth-order valence-electron chi connectivity index (χ4n) is 2.15. The van der Waals surface area contributed by atoms with Gasteiger partial charge in [0.05, 0.1) is 0 Å². The Morgan fingerprint density at radius 3 is 2.37 bits per heavy atom. The summed E-state index contributed by atoms with van der Waals surface area (Å²) in [5, 5.41) is 0. The van der Waals surface area contributed by atoms with Crippen molar-refractivity contribution in [2.75, 3.05) is 5.73 Å². The van der Waals surface area contributed by atoms with Crippen LogP contribution in [0.1, 0.15) is 32.6 Å². The van der Waals surface area contributed by atoms with E-state index in [4.69, 9.17) is 5.73 Å². The highest BCUT2D eigenvalue weighted by atomic mass is 79.9. The SMILES string of the molecule is Cc1ccc(C(=O)c2cc(Br)cc(N)c2C)c(C)c1. The normalized spacial score (nSPS) is 10.5. The molecule has 0 aliphatic rings. The van der Waals surface area contributed by atoms with Gasteiger partial charge in [-0.25, -0.2) is 0 Å². The van der Waals surface area contributed by atoms with Crippen LogP contribution in [0, 0.1) is 20.8 Å². The van der Waals surface area contributed by atoms with Crippen molar-refractivity contribution in [3.05, 3.63) is 62.6 Å².